The average Bonchev–Trinajstić information content (AvgIpc) is 3.14. The minimum Gasteiger partial charge on any atom is -0.379 e. The lowest BCUT2D eigenvalue weighted by Gasteiger charge is -2.19. The highest BCUT2D eigenvalue weighted by Gasteiger charge is 2.40. The summed E-state index contributed by atoms with van der Waals surface area (Å²) in [5, 5.41) is 2.73. The average molecular weight is 387 g/mol. The summed E-state index contributed by atoms with van der Waals surface area (Å²) in [6, 6.07) is 9.16. The molecule has 0 saturated carbocycles. The molecule has 0 spiro atoms. The van der Waals surface area contributed by atoms with E-state index < -0.39 is 6.04 Å². The van der Waals surface area contributed by atoms with Gasteiger partial charge in [-0.25, -0.2) is 4.79 Å². The van der Waals surface area contributed by atoms with Gasteiger partial charge in [0.2, 0.25) is 5.91 Å². The van der Waals surface area contributed by atoms with Crippen LogP contribution in [0.25, 0.3) is 0 Å². The first-order valence-electron chi connectivity index (χ1n) is 9.99. The summed E-state index contributed by atoms with van der Waals surface area (Å²) < 4.78 is 5.47. The number of hydrogen-bond acceptors (Lipinski definition) is 4. The number of hydrogen-bond donors (Lipinski definition) is 1. The highest BCUT2D eigenvalue weighted by atomic mass is 16.5. The SMILES string of the molecule is CC(C)OCCC1NC(=O)N(CC2CC(=O)N(CCc3ccccc3)C2)C1=O. The Balaban J connectivity index is 1.48. The highest BCUT2D eigenvalue weighted by Crippen LogP contribution is 2.22. The smallest absolute Gasteiger partial charge is 0.324 e. The maximum Gasteiger partial charge on any atom is 0.324 e. The zero-order valence-corrected chi connectivity index (χ0v) is 16.6. The van der Waals surface area contributed by atoms with Crippen molar-refractivity contribution in [3.63, 3.8) is 0 Å². The van der Waals surface area contributed by atoms with Gasteiger partial charge in [-0.2, -0.15) is 0 Å². The largest absolute Gasteiger partial charge is 0.379 e. The Labute approximate surface area is 166 Å². The van der Waals surface area contributed by atoms with E-state index in [1.54, 1.807) is 0 Å². The molecule has 7 heteroatoms. The second-order valence-electron chi connectivity index (χ2n) is 7.80. The Morgan fingerprint density at radius 1 is 1.18 bits per heavy atom. The molecule has 2 fully saturated rings. The number of carbonyl (C=O) groups excluding carboxylic acids is 3. The highest BCUT2D eigenvalue weighted by molar-refractivity contribution is 6.04. The first kappa shape index (κ1) is 20.3. The van der Waals surface area contributed by atoms with E-state index in [0.29, 0.717) is 39.1 Å². The molecule has 1 aromatic rings. The molecule has 0 aromatic heterocycles. The van der Waals surface area contributed by atoms with Crippen LogP contribution >= 0.6 is 0 Å². The molecular weight excluding hydrogens is 358 g/mol. The molecule has 2 heterocycles. The van der Waals surface area contributed by atoms with Crippen molar-refractivity contribution in [1.82, 2.24) is 15.1 Å². The molecule has 152 valence electrons. The molecule has 0 aliphatic carbocycles. The van der Waals surface area contributed by atoms with E-state index in [4.69, 9.17) is 4.74 Å². The van der Waals surface area contributed by atoms with Crippen molar-refractivity contribution >= 4 is 17.8 Å². The second-order valence-corrected chi connectivity index (χ2v) is 7.80. The summed E-state index contributed by atoms with van der Waals surface area (Å²) in [5.41, 5.74) is 1.19. The first-order valence-corrected chi connectivity index (χ1v) is 9.99. The Kier molecular flexibility index (Phi) is 6.67. The molecule has 1 aromatic carbocycles. The molecule has 2 atom stereocenters. The number of urea groups is 1. The molecule has 0 radical (unpaired) electrons. The first-order chi connectivity index (χ1) is 13.4. The number of ether oxygens (including phenoxy) is 1. The summed E-state index contributed by atoms with van der Waals surface area (Å²) >= 11 is 0. The van der Waals surface area contributed by atoms with Crippen molar-refractivity contribution < 1.29 is 19.1 Å². The lowest BCUT2D eigenvalue weighted by molar-refractivity contribution is -0.129. The van der Waals surface area contributed by atoms with Crippen LogP contribution in [0, 0.1) is 5.92 Å². The van der Waals surface area contributed by atoms with Gasteiger partial charge >= 0.3 is 6.03 Å². The van der Waals surface area contributed by atoms with Crippen molar-refractivity contribution in [2.75, 3.05) is 26.2 Å². The molecule has 2 saturated heterocycles. The molecule has 7 nitrogen and oxygen atoms in total. The van der Waals surface area contributed by atoms with Gasteiger partial charge in [-0.15, -0.1) is 0 Å². The van der Waals surface area contributed by atoms with Crippen LogP contribution in [0.2, 0.25) is 0 Å². The maximum atomic E-state index is 12.5. The lowest BCUT2D eigenvalue weighted by Crippen LogP contribution is -2.37. The number of likely N-dealkylation sites (tertiary alicyclic amines) is 1. The summed E-state index contributed by atoms with van der Waals surface area (Å²) in [5.74, 6) is -0.133. The number of carbonyl (C=O) groups is 3. The molecule has 2 aliphatic heterocycles. The van der Waals surface area contributed by atoms with Crippen LogP contribution in [0.5, 0.6) is 0 Å². The third-order valence-electron chi connectivity index (χ3n) is 5.21. The number of nitrogens with zero attached hydrogens (tertiary/aromatic N) is 2. The van der Waals surface area contributed by atoms with Crippen molar-refractivity contribution in [1.29, 1.82) is 0 Å². The zero-order valence-electron chi connectivity index (χ0n) is 16.6. The van der Waals surface area contributed by atoms with E-state index in [1.807, 2.05) is 36.9 Å². The summed E-state index contributed by atoms with van der Waals surface area (Å²) in [6.45, 7) is 5.83. The maximum absolute atomic E-state index is 12.5. The fraction of sp³-hybridized carbons (Fsp3) is 0.571. The summed E-state index contributed by atoms with van der Waals surface area (Å²) in [4.78, 5) is 40.2. The molecule has 28 heavy (non-hydrogen) atoms. The predicted molar refractivity (Wildman–Crippen MR) is 105 cm³/mol. The van der Waals surface area contributed by atoms with Crippen molar-refractivity contribution in [2.24, 2.45) is 5.92 Å². The lowest BCUT2D eigenvalue weighted by atomic mass is 10.1. The molecule has 2 unspecified atom stereocenters. The van der Waals surface area contributed by atoms with Crippen LogP contribution in [0.15, 0.2) is 30.3 Å². The van der Waals surface area contributed by atoms with Crippen molar-refractivity contribution in [2.45, 2.75) is 45.3 Å². The van der Waals surface area contributed by atoms with Crippen LogP contribution in [0.1, 0.15) is 32.3 Å². The van der Waals surface area contributed by atoms with Crippen molar-refractivity contribution in [3.8, 4) is 0 Å². The van der Waals surface area contributed by atoms with Crippen LogP contribution in [0.3, 0.4) is 0 Å². The van der Waals surface area contributed by atoms with Crippen LogP contribution in [0.4, 0.5) is 4.79 Å². The van der Waals surface area contributed by atoms with Gasteiger partial charge in [-0.1, -0.05) is 30.3 Å². The Bertz CT molecular complexity index is 707. The van der Waals surface area contributed by atoms with Crippen LogP contribution < -0.4 is 5.32 Å². The van der Waals surface area contributed by atoms with Gasteiger partial charge in [0.05, 0.1) is 6.10 Å². The van der Waals surface area contributed by atoms with Gasteiger partial charge in [0.25, 0.3) is 5.91 Å². The van der Waals surface area contributed by atoms with Gasteiger partial charge in [0.1, 0.15) is 6.04 Å². The molecule has 3 rings (SSSR count). The van der Waals surface area contributed by atoms with E-state index in [2.05, 4.69) is 17.4 Å². The van der Waals surface area contributed by atoms with Gasteiger partial charge in [0, 0.05) is 45.0 Å². The molecular formula is C21H29N3O4. The quantitative estimate of drug-likeness (QED) is 0.656. The van der Waals surface area contributed by atoms with E-state index in [1.165, 1.54) is 10.5 Å². The molecule has 1 N–H and O–H groups in total. The van der Waals surface area contributed by atoms with Crippen LogP contribution in [-0.4, -0.2) is 66.0 Å². The monoisotopic (exact) mass is 387 g/mol. The van der Waals surface area contributed by atoms with E-state index >= 15 is 0 Å². The van der Waals surface area contributed by atoms with Gasteiger partial charge in [0.15, 0.2) is 0 Å². The summed E-state index contributed by atoms with van der Waals surface area (Å²) in [6.07, 6.45) is 1.74. The van der Waals surface area contributed by atoms with E-state index in [-0.39, 0.29) is 29.9 Å². The third-order valence-corrected chi connectivity index (χ3v) is 5.21. The number of nitrogens with one attached hydrogen (secondary N) is 1. The zero-order chi connectivity index (χ0) is 20.1. The number of benzene rings is 1. The van der Waals surface area contributed by atoms with E-state index in [0.717, 1.165) is 6.42 Å². The van der Waals surface area contributed by atoms with Crippen LogP contribution in [-0.2, 0) is 20.7 Å². The Morgan fingerprint density at radius 2 is 1.93 bits per heavy atom. The van der Waals surface area contributed by atoms with Gasteiger partial charge in [-0.05, 0) is 25.8 Å². The number of imide groups is 1. The second kappa shape index (κ2) is 9.19. The molecule has 2 aliphatic rings. The Hall–Kier alpha value is -2.41. The minimum atomic E-state index is -0.530. The van der Waals surface area contributed by atoms with Gasteiger partial charge in [-0.3, -0.25) is 14.5 Å². The van der Waals surface area contributed by atoms with Gasteiger partial charge < -0.3 is 15.0 Å². The van der Waals surface area contributed by atoms with E-state index in [9.17, 15) is 14.4 Å². The predicted octanol–water partition coefficient (Wildman–Crippen LogP) is 1.81. The topological polar surface area (TPSA) is 79.0 Å². The molecule has 4 amide bonds. The fourth-order valence-corrected chi connectivity index (χ4v) is 3.73. The fourth-order valence-electron chi connectivity index (χ4n) is 3.73. The third kappa shape index (κ3) is 5.10. The van der Waals surface area contributed by atoms with Crippen molar-refractivity contribution in [3.05, 3.63) is 35.9 Å². The number of rotatable bonds is 9. The normalized spacial score (nSPS) is 22.5. The Morgan fingerprint density at radius 3 is 2.64 bits per heavy atom. The number of amides is 4. The summed E-state index contributed by atoms with van der Waals surface area (Å²) in [7, 11) is 0. The molecule has 0 bridgehead atoms. The minimum absolute atomic E-state index is 0.0105. The standard InChI is InChI=1S/C21H29N3O4/c1-15(2)28-11-9-18-20(26)24(21(27)22-18)14-17-12-19(25)23(13-17)10-8-16-6-4-3-5-7-16/h3-7,15,17-18H,8-14H2,1-2H3,(H,22,27).